The number of rotatable bonds is 8. The van der Waals surface area contributed by atoms with Crippen molar-refractivity contribution in [3.05, 3.63) is 77.7 Å². The molecular formula is C23H27N5O. The number of aryl methyl sites for hydroxylation is 1. The fourth-order valence-electron chi connectivity index (χ4n) is 3.12. The van der Waals surface area contributed by atoms with E-state index in [1.165, 1.54) is 0 Å². The first-order valence-corrected chi connectivity index (χ1v) is 9.87. The minimum absolute atomic E-state index is 0.160. The van der Waals surface area contributed by atoms with Crippen molar-refractivity contribution in [2.75, 3.05) is 28.6 Å². The lowest BCUT2D eigenvalue weighted by Gasteiger charge is -2.22. The number of carbonyl (C=O) groups excluding carboxylic acids is 1. The van der Waals surface area contributed by atoms with Crippen LogP contribution in [0.2, 0.25) is 0 Å². The Kier molecular flexibility index (Phi) is 6.79. The summed E-state index contributed by atoms with van der Waals surface area (Å²) >= 11 is 0. The summed E-state index contributed by atoms with van der Waals surface area (Å²) in [5, 5.41) is 6.21. The normalized spacial score (nSPS) is 10.4. The van der Waals surface area contributed by atoms with E-state index in [1.807, 2.05) is 37.3 Å². The fraction of sp³-hybridized carbons (Fsp3) is 0.261. The molecule has 1 amide bonds. The molecule has 0 unspecified atom stereocenters. The first-order valence-electron chi connectivity index (χ1n) is 9.87. The molecule has 0 atom stereocenters. The van der Waals surface area contributed by atoms with Gasteiger partial charge < -0.3 is 15.5 Å². The molecule has 0 saturated carbocycles. The molecule has 0 aliphatic rings. The first kappa shape index (κ1) is 20.3. The molecule has 2 aromatic heterocycles. The van der Waals surface area contributed by atoms with Crippen LogP contribution in [0.5, 0.6) is 0 Å². The summed E-state index contributed by atoms with van der Waals surface area (Å²) in [5.74, 6) is 0.476. The fourth-order valence-corrected chi connectivity index (χ4v) is 3.12. The van der Waals surface area contributed by atoms with E-state index in [1.54, 1.807) is 24.5 Å². The summed E-state index contributed by atoms with van der Waals surface area (Å²) in [6, 6.07) is 15.3. The third-order valence-electron chi connectivity index (χ3n) is 4.79. The monoisotopic (exact) mass is 389 g/mol. The zero-order valence-electron chi connectivity index (χ0n) is 17.1. The standard InChI is InChI=1S/C23H27N5O/c1-4-28(5-2)20-9-10-21(17(3)14-20)27-23(29)18-11-13-25-22(15-18)26-16-19-8-6-7-12-24-19/h6-15H,4-5,16H2,1-3H3,(H,25,26)(H,27,29). The molecule has 1 aromatic carbocycles. The number of nitrogens with one attached hydrogen (secondary N) is 2. The summed E-state index contributed by atoms with van der Waals surface area (Å²) < 4.78 is 0. The number of hydrogen-bond acceptors (Lipinski definition) is 5. The molecule has 29 heavy (non-hydrogen) atoms. The minimum Gasteiger partial charge on any atom is -0.372 e. The third kappa shape index (κ3) is 5.31. The number of amides is 1. The van der Waals surface area contributed by atoms with Gasteiger partial charge in [-0.15, -0.1) is 0 Å². The van der Waals surface area contributed by atoms with E-state index in [9.17, 15) is 4.79 Å². The van der Waals surface area contributed by atoms with Crippen LogP contribution >= 0.6 is 0 Å². The van der Waals surface area contributed by atoms with Crippen LogP contribution in [0.25, 0.3) is 0 Å². The van der Waals surface area contributed by atoms with Gasteiger partial charge in [-0.1, -0.05) is 6.07 Å². The second kappa shape index (κ2) is 9.68. The molecule has 2 heterocycles. The van der Waals surface area contributed by atoms with Gasteiger partial charge in [-0.25, -0.2) is 4.98 Å². The van der Waals surface area contributed by atoms with Crippen molar-refractivity contribution in [1.29, 1.82) is 0 Å². The van der Waals surface area contributed by atoms with Crippen molar-refractivity contribution >= 4 is 23.1 Å². The smallest absolute Gasteiger partial charge is 0.255 e. The van der Waals surface area contributed by atoms with Crippen molar-refractivity contribution < 1.29 is 4.79 Å². The van der Waals surface area contributed by atoms with Gasteiger partial charge in [-0.3, -0.25) is 9.78 Å². The largest absolute Gasteiger partial charge is 0.372 e. The van der Waals surface area contributed by atoms with Crippen molar-refractivity contribution in [3.8, 4) is 0 Å². The summed E-state index contributed by atoms with van der Waals surface area (Å²) in [6.07, 6.45) is 3.38. The van der Waals surface area contributed by atoms with Crippen LogP contribution in [0.1, 0.15) is 35.5 Å². The third-order valence-corrected chi connectivity index (χ3v) is 4.79. The molecule has 0 aliphatic heterocycles. The van der Waals surface area contributed by atoms with E-state index in [4.69, 9.17) is 0 Å². The predicted molar refractivity (Wildman–Crippen MR) is 118 cm³/mol. The lowest BCUT2D eigenvalue weighted by atomic mass is 10.1. The Labute approximate surface area is 172 Å². The number of carbonyl (C=O) groups is 1. The van der Waals surface area contributed by atoms with Gasteiger partial charge in [0.2, 0.25) is 0 Å². The second-order valence-electron chi connectivity index (χ2n) is 6.73. The average molecular weight is 390 g/mol. The Morgan fingerprint density at radius 2 is 1.83 bits per heavy atom. The van der Waals surface area contributed by atoms with Crippen molar-refractivity contribution in [3.63, 3.8) is 0 Å². The van der Waals surface area contributed by atoms with E-state index < -0.39 is 0 Å². The lowest BCUT2D eigenvalue weighted by molar-refractivity contribution is 0.102. The summed E-state index contributed by atoms with van der Waals surface area (Å²) in [6.45, 7) is 8.73. The van der Waals surface area contributed by atoms with Gasteiger partial charge in [0.25, 0.3) is 5.91 Å². The van der Waals surface area contributed by atoms with Gasteiger partial charge in [-0.05, 0) is 68.8 Å². The molecule has 0 bridgehead atoms. The number of hydrogen-bond donors (Lipinski definition) is 2. The van der Waals surface area contributed by atoms with Crippen LogP contribution in [0.3, 0.4) is 0 Å². The van der Waals surface area contributed by atoms with Gasteiger partial charge in [0, 0.05) is 42.4 Å². The Morgan fingerprint density at radius 1 is 1.00 bits per heavy atom. The van der Waals surface area contributed by atoms with Gasteiger partial charge in [0.1, 0.15) is 5.82 Å². The second-order valence-corrected chi connectivity index (χ2v) is 6.73. The summed E-state index contributed by atoms with van der Waals surface area (Å²) in [7, 11) is 0. The Morgan fingerprint density at radius 3 is 2.52 bits per heavy atom. The topological polar surface area (TPSA) is 70.2 Å². The molecule has 6 nitrogen and oxygen atoms in total. The highest BCUT2D eigenvalue weighted by molar-refractivity contribution is 6.05. The van der Waals surface area contributed by atoms with Gasteiger partial charge in [-0.2, -0.15) is 0 Å². The van der Waals surface area contributed by atoms with Crippen LogP contribution < -0.4 is 15.5 Å². The van der Waals surface area contributed by atoms with E-state index in [-0.39, 0.29) is 5.91 Å². The molecule has 3 aromatic rings. The lowest BCUT2D eigenvalue weighted by Crippen LogP contribution is -2.22. The highest BCUT2D eigenvalue weighted by Gasteiger charge is 2.11. The van der Waals surface area contributed by atoms with Crippen LogP contribution in [-0.4, -0.2) is 29.0 Å². The Bertz CT molecular complexity index is 954. The highest BCUT2D eigenvalue weighted by atomic mass is 16.1. The van der Waals surface area contributed by atoms with Crippen molar-refractivity contribution in [1.82, 2.24) is 9.97 Å². The number of anilines is 3. The van der Waals surface area contributed by atoms with Crippen LogP contribution in [0.4, 0.5) is 17.2 Å². The number of benzene rings is 1. The molecule has 150 valence electrons. The van der Waals surface area contributed by atoms with Crippen LogP contribution in [0.15, 0.2) is 60.9 Å². The molecule has 0 aliphatic carbocycles. The van der Waals surface area contributed by atoms with Crippen molar-refractivity contribution in [2.24, 2.45) is 0 Å². The molecule has 0 fully saturated rings. The molecule has 2 N–H and O–H groups in total. The van der Waals surface area contributed by atoms with Crippen molar-refractivity contribution in [2.45, 2.75) is 27.3 Å². The maximum atomic E-state index is 12.7. The van der Waals surface area contributed by atoms with Crippen LogP contribution in [0, 0.1) is 6.92 Å². The zero-order valence-corrected chi connectivity index (χ0v) is 17.1. The number of pyridine rings is 2. The number of nitrogens with zero attached hydrogens (tertiary/aromatic N) is 3. The molecule has 0 spiro atoms. The first-order chi connectivity index (χ1) is 14.1. The maximum absolute atomic E-state index is 12.7. The average Bonchev–Trinajstić information content (AvgIpc) is 2.76. The van der Waals surface area contributed by atoms with Gasteiger partial charge >= 0.3 is 0 Å². The minimum atomic E-state index is -0.160. The Hall–Kier alpha value is -3.41. The summed E-state index contributed by atoms with van der Waals surface area (Å²) in [5.41, 5.74) is 4.47. The molecule has 0 saturated heterocycles. The van der Waals surface area contributed by atoms with E-state index in [2.05, 4.69) is 45.4 Å². The predicted octanol–water partition coefficient (Wildman–Crippen LogP) is 4.50. The molecular weight excluding hydrogens is 362 g/mol. The van der Waals surface area contributed by atoms with E-state index in [0.29, 0.717) is 17.9 Å². The maximum Gasteiger partial charge on any atom is 0.255 e. The van der Waals surface area contributed by atoms with Crippen LogP contribution in [-0.2, 0) is 6.54 Å². The van der Waals surface area contributed by atoms with Gasteiger partial charge in [0.05, 0.1) is 12.2 Å². The molecule has 0 radical (unpaired) electrons. The SMILES string of the molecule is CCN(CC)c1ccc(NC(=O)c2ccnc(NCc3ccccn3)c2)c(C)c1. The number of aromatic nitrogens is 2. The van der Waals surface area contributed by atoms with E-state index in [0.717, 1.165) is 35.7 Å². The summed E-state index contributed by atoms with van der Waals surface area (Å²) in [4.78, 5) is 23.6. The zero-order chi connectivity index (χ0) is 20.6. The highest BCUT2D eigenvalue weighted by Crippen LogP contribution is 2.23. The Balaban J connectivity index is 1.68. The molecule has 6 heteroatoms. The quantitative estimate of drug-likeness (QED) is 0.594. The van der Waals surface area contributed by atoms with Gasteiger partial charge in [0.15, 0.2) is 0 Å². The molecule has 3 rings (SSSR count). The van der Waals surface area contributed by atoms with E-state index >= 15 is 0 Å².